The van der Waals surface area contributed by atoms with Gasteiger partial charge in [-0.3, -0.25) is 0 Å². The van der Waals surface area contributed by atoms with Crippen molar-refractivity contribution in [3.63, 3.8) is 0 Å². The predicted octanol–water partition coefficient (Wildman–Crippen LogP) is 1.25. The second-order valence-corrected chi connectivity index (χ2v) is 3.39. The summed E-state index contributed by atoms with van der Waals surface area (Å²) in [5, 5.41) is 12.3. The fourth-order valence-corrected chi connectivity index (χ4v) is 0.975. The summed E-state index contributed by atoms with van der Waals surface area (Å²) < 4.78 is 0. The Bertz CT molecular complexity index is 83.6. The lowest BCUT2D eigenvalue weighted by Crippen LogP contribution is -2.29. The molecule has 0 heterocycles. The molecule has 0 amide bonds. The molecule has 0 aromatic carbocycles. The van der Waals surface area contributed by atoms with Gasteiger partial charge < -0.3 is 10.4 Å². The molecule has 0 rings (SSSR count). The van der Waals surface area contributed by atoms with Crippen molar-refractivity contribution in [3.05, 3.63) is 0 Å². The van der Waals surface area contributed by atoms with Gasteiger partial charge in [0.25, 0.3) is 0 Å². The molecule has 0 unspecified atom stereocenters. The Morgan fingerprint density at radius 1 is 1.36 bits per heavy atom. The summed E-state index contributed by atoms with van der Waals surface area (Å²) in [6.07, 6.45) is 1.16. The molecule has 2 nitrogen and oxygen atoms in total. The van der Waals surface area contributed by atoms with E-state index in [1.54, 1.807) is 0 Å². The van der Waals surface area contributed by atoms with E-state index in [9.17, 15) is 0 Å². The fourth-order valence-electron chi connectivity index (χ4n) is 0.975. The summed E-state index contributed by atoms with van der Waals surface area (Å²) >= 11 is 0. The van der Waals surface area contributed by atoms with Gasteiger partial charge in [0.1, 0.15) is 0 Å². The number of hydrogen-bond donors (Lipinski definition) is 2. The van der Waals surface area contributed by atoms with Crippen molar-refractivity contribution >= 4 is 0 Å². The van der Waals surface area contributed by atoms with Gasteiger partial charge in [-0.05, 0) is 24.8 Å². The van der Waals surface area contributed by atoms with Gasteiger partial charge in [-0.1, -0.05) is 20.8 Å². The van der Waals surface area contributed by atoms with Gasteiger partial charge in [-0.15, -0.1) is 0 Å². The Morgan fingerprint density at radius 3 is 2.36 bits per heavy atom. The van der Waals surface area contributed by atoms with Gasteiger partial charge in [-0.25, -0.2) is 0 Å². The Labute approximate surface area is 70.0 Å². The van der Waals surface area contributed by atoms with Crippen LogP contribution in [0.25, 0.3) is 0 Å². The van der Waals surface area contributed by atoms with Crippen molar-refractivity contribution in [2.75, 3.05) is 19.7 Å². The lowest BCUT2D eigenvalue weighted by atomic mass is 9.97. The van der Waals surface area contributed by atoms with Crippen LogP contribution in [0.1, 0.15) is 27.2 Å². The molecule has 0 bridgehead atoms. The summed E-state index contributed by atoms with van der Waals surface area (Å²) in [6, 6.07) is 0. The van der Waals surface area contributed by atoms with Crippen LogP contribution < -0.4 is 5.32 Å². The Hall–Kier alpha value is -0.0800. The average molecular weight is 159 g/mol. The normalized spacial score (nSPS) is 13.9. The van der Waals surface area contributed by atoms with Crippen LogP contribution in [-0.4, -0.2) is 24.8 Å². The highest BCUT2D eigenvalue weighted by Crippen LogP contribution is 2.07. The summed E-state index contributed by atoms with van der Waals surface area (Å²) in [7, 11) is 0. The number of nitrogens with one attached hydrogen (secondary N) is 1. The molecule has 2 N–H and O–H groups in total. The first-order valence-corrected chi connectivity index (χ1v) is 4.53. The van der Waals surface area contributed by atoms with E-state index in [0.29, 0.717) is 18.4 Å². The molecule has 2 heteroatoms. The molecule has 0 spiro atoms. The molecule has 0 aliphatic carbocycles. The first kappa shape index (κ1) is 10.9. The SMILES string of the molecule is CCCNC[C@H](CO)C(C)C. The highest BCUT2D eigenvalue weighted by Gasteiger charge is 2.10. The van der Waals surface area contributed by atoms with Gasteiger partial charge in [0.05, 0.1) is 0 Å². The van der Waals surface area contributed by atoms with Gasteiger partial charge in [-0.2, -0.15) is 0 Å². The largest absolute Gasteiger partial charge is 0.396 e. The first-order chi connectivity index (χ1) is 5.22. The van der Waals surface area contributed by atoms with Crippen molar-refractivity contribution < 1.29 is 5.11 Å². The van der Waals surface area contributed by atoms with Gasteiger partial charge >= 0.3 is 0 Å². The summed E-state index contributed by atoms with van der Waals surface area (Å²) in [5.41, 5.74) is 0. The quantitative estimate of drug-likeness (QED) is 0.572. The van der Waals surface area contributed by atoms with Crippen molar-refractivity contribution in [2.45, 2.75) is 27.2 Å². The molecule has 11 heavy (non-hydrogen) atoms. The highest BCUT2D eigenvalue weighted by molar-refractivity contribution is 4.64. The van der Waals surface area contributed by atoms with Crippen molar-refractivity contribution in [1.29, 1.82) is 0 Å². The van der Waals surface area contributed by atoms with Crippen LogP contribution in [0.2, 0.25) is 0 Å². The van der Waals surface area contributed by atoms with Crippen molar-refractivity contribution in [3.8, 4) is 0 Å². The summed E-state index contributed by atoms with van der Waals surface area (Å²) in [5.74, 6) is 0.992. The molecule has 1 atom stereocenters. The van der Waals surface area contributed by atoms with Crippen LogP contribution in [0, 0.1) is 11.8 Å². The minimum Gasteiger partial charge on any atom is -0.396 e. The van der Waals surface area contributed by atoms with Gasteiger partial charge in [0, 0.05) is 13.2 Å². The maximum absolute atomic E-state index is 8.96. The molecule has 0 aromatic heterocycles. The van der Waals surface area contributed by atoms with E-state index in [1.807, 2.05) is 0 Å². The van der Waals surface area contributed by atoms with E-state index < -0.39 is 0 Å². The molecule has 0 saturated carbocycles. The molecule has 0 aromatic rings. The van der Waals surface area contributed by atoms with Crippen LogP contribution in [0.15, 0.2) is 0 Å². The third kappa shape index (κ3) is 5.22. The highest BCUT2D eigenvalue weighted by atomic mass is 16.3. The maximum Gasteiger partial charge on any atom is 0.0473 e. The molecular formula is C9H21NO. The van der Waals surface area contributed by atoms with Crippen LogP contribution in [0.5, 0.6) is 0 Å². The van der Waals surface area contributed by atoms with E-state index in [-0.39, 0.29) is 0 Å². The molecular weight excluding hydrogens is 138 g/mol. The summed E-state index contributed by atoms with van der Waals surface area (Å²) in [4.78, 5) is 0. The van der Waals surface area contributed by atoms with Crippen molar-refractivity contribution in [1.82, 2.24) is 5.32 Å². The van der Waals surface area contributed by atoms with E-state index >= 15 is 0 Å². The van der Waals surface area contributed by atoms with Crippen LogP contribution in [0.3, 0.4) is 0 Å². The molecule has 0 aliphatic rings. The van der Waals surface area contributed by atoms with Crippen LogP contribution in [0.4, 0.5) is 0 Å². The predicted molar refractivity (Wildman–Crippen MR) is 48.6 cm³/mol. The topological polar surface area (TPSA) is 32.3 Å². The van der Waals surface area contributed by atoms with E-state index in [4.69, 9.17) is 5.11 Å². The van der Waals surface area contributed by atoms with Gasteiger partial charge in [0.15, 0.2) is 0 Å². The summed E-state index contributed by atoms with van der Waals surface area (Å²) in [6.45, 7) is 8.75. The second kappa shape index (κ2) is 6.62. The Morgan fingerprint density at radius 2 is 2.00 bits per heavy atom. The Balaban J connectivity index is 3.36. The molecule has 0 aliphatic heterocycles. The monoisotopic (exact) mass is 159 g/mol. The number of aliphatic hydroxyl groups excluding tert-OH is 1. The Kier molecular flexibility index (Phi) is 6.57. The number of hydrogen-bond acceptors (Lipinski definition) is 2. The standard InChI is InChI=1S/C9H21NO/c1-4-5-10-6-9(7-11)8(2)3/h8-11H,4-7H2,1-3H3/t9-/m1/s1. The smallest absolute Gasteiger partial charge is 0.0473 e. The molecule has 0 saturated heterocycles. The van der Waals surface area contributed by atoms with E-state index in [1.165, 1.54) is 0 Å². The number of rotatable bonds is 6. The molecule has 0 radical (unpaired) electrons. The van der Waals surface area contributed by atoms with Crippen LogP contribution in [-0.2, 0) is 0 Å². The zero-order valence-corrected chi connectivity index (χ0v) is 7.93. The van der Waals surface area contributed by atoms with Crippen molar-refractivity contribution in [2.24, 2.45) is 11.8 Å². The number of aliphatic hydroxyl groups is 1. The molecule has 0 fully saturated rings. The second-order valence-electron chi connectivity index (χ2n) is 3.39. The minimum absolute atomic E-state index is 0.300. The zero-order valence-electron chi connectivity index (χ0n) is 7.93. The lowest BCUT2D eigenvalue weighted by Gasteiger charge is -2.18. The van der Waals surface area contributed by atoms with E-state index in [2.05, 4.69) is 26.1 Å². The third-order valence-corrected chi connectivity index (χ3v) is 2.01. The van der Waals surface area contributed by atoms with E-state index in [0.717, 1.165) is 19.5 Å². The van der Waals surface area contributed by atoms with Gasteiger partial charge in [0.2, 0.25) is 0 Å². The maximum atomic E-state index is 8.96. The van der Waals surface area contributed by atoms with Crippen LogP contribution >= 0.6 is 0 Å². The zero-order chi connectivity index (χ0) is 8.69. The average Bonchev–Trinajstić information content (AvgIpc) is 1.97. The lowest BCUT2D eigenvalue weighted by molar-refractivity contribution is 0.186. The molecule has 68 valence electrons. The minimum atomic E-state index is 0.300. The third-order valence-electron chi connectivity index (χ3n) is 2.01. The fraction of sp³-hybridized carbons (Fsp3) is 1.00. The first-order valence-electron chi connectivity index (χ1n) is 4.53.